The number of carbonyl (C=O) groups is 1. The first kappa shape index (κ1) is 12.0. The Morgan fingerprint density at radius 2 is 2.29 bits per heavy atom. The van der Waals surface area contributed by atoms with Gasteiger partial charge >= 0.3 is 0 Å². The predicted molar refractivity (Wildman–Crippen MR) is 57.5 cm³/mol. The highest BCUT2D eigenvalue weighted by molar-refractivity contribution is 6.23. The van der Waals surface area contributed by atoms with E-state index >= 15 is 0 Å². The van der Waals surface area contributed by atoms with Gasteiger partial charge in [0.1, 0.15) is 5.60 Å². The van der Waals surface area contributed by atoms with Gasteiger partial charge in [-0.3, -0.25) is 4.79 Å². The normalized spacial score (nSPS) is 38.3. The minimum atomic E-state index is -1.25. The van der Waals surface area contributed by atoms with Crippen molar-refractivity contribution in [1.29, 1.82) is 0 Å². The molecule has 82 valence electrons. The zero-order valence-electron chi connectivity index (χ0n) is 8.92. The molecule has 3 heteroatoms. The summed E-state index contributed by atoms with van der Waals surface area (Å²) in [5.41, 5.74) is -1.25. The molecule has 0 heterocycles. The summed E-state index contributed by atoms with van der Waals surface area (Å²) in [6.45, 7) is 4.05. The number of carbonyl (C=O) groups excluding carboxylic acids is 1. The van der Waals surface area contributed by atoms with E-state index in [4.69, 9.17) is 11.6 Å². The van der Waals surface area contributed by atoms with Gasteiger partial charge < -0.3 is 5.11 Å². The number of alkyl halides is 1. The largest absolute Gasteiger partial charge is 0.381 e. The Morgan fingerprint density at radius 1 is 1.64 bits per heavy atom. The number of ketones is 1. The van der Waals surface area contributed by atoms with Crippen LogP contribution >= 0.6 is 11.6 Å². The Morgan fingerprint density at radius 3 is 2.79 bits per heavy atom. The Bertz CT molecular complexity index is 217. The van der Waals surface area contributed by atoms with E-state index in [-0.39, 0.29) is 5.78 Å². The van der Waals surface area contributed by atoms with Gasteiger partial charge in [0.15, 0.2) is 5.78 Å². The zero-order chi connectivity index (χ0) is 10.8. The van der Waals surface area contributed by atoms with Gasteiger partial charge in [-0.2, -0.15) is 0 Å². The van der Waals surface area contributed by atoms with Crippen molar-refractivity contribution in [3.8, 4) is 0 Å². The molecule has 0 aromatic rings. The van der Waals surface area contributed by atoms with Crippen molar-refractivity contribution >= 4 is 17.4 Å². The third-order valence-electron chi connectivity index (χ3n) is 3.11. The average molecular weight is 219 g/mol. The Labute approximate surface area is 90.6 Å². The van der Waals surface area contributed by atoms with E-state index in [1.165, 1.54) is 0 Å². The summed E-state index contributed by atoms with van der Waals surface area (Å²) in [6, 6.07) is 0. The van der Waals surface area contributed by atoms with E-state index in [2.05, 4.69) is 6.92 Å². The van der Waals surface area contributed by atoms with E-state index < -0.39 is 11.0 Å². The Kier molecular flexibility index (Phi) is 3.96. The molecule has 1 aliphatic rings. The standard InChI is InChI=1S/C11H19ClO2/c1-3-4-10(13)11(14)6-5-8(2)7-9(11)12/h8-9,14H,3-7H2,1-2H3/t8-,9?,11-/m1/s1. The van der Waals surface area contributed by atoms with Crippen molar-refractivity contribution in [2.24, 2.45) is 5.92 Å². The van der Waals surface area contributed by atoms with Crippen LogP contribution in [0.25, 0.3) is 0 Å². The van der Waals surface area contributed by atoms with E-state index in [0.717, 1.165) is 19.3 Å². The monoisotopic (exact) mass is 218 g/mol. The molecule has 1 saturated carbocycles. The van der Waals surface area contributed by atoms with Gasteiger partial charge in [0, 0.05) is 6.42 Å². The molecule has 1 unspecified atom stereocenters. The van der Waals surface area contributed by atoms with Crippen molar-refractivity contribution in [2.45, 2.75) is 56.9 Å². The lowest BCUT2D eigenvalue weighted by Gasteiger charge is -2.37. The second-order valence-electron chi connectivity index (χ2n) is 4.44. The molecule has 1 rings (SSSR count). The second-order valence-corrected chi connectivity index (χ2v) is 4.97. The molecule has 0 aliphatic heterocycles. The molecular weight excluding hydrogens is 200 g/mol. The fourth-order valence-electron chi connectivity index (χ4n) is 2.05. The molecule has 0 aromatic carbocycles. The van der Waals surface area contributed by atoms with Crippen LogP contribution in [0.3, 0.4) is 0 Å². The zero-order valence-corrected chi connectivity index (χ0v) is 9.68. The molecule has 0 amide bonds. The molecule has 0 aromatic heterocycles. The molecular formula is C11H19ClO2. The predicted octanol–water partition coefficient (Wildman–Crippen LogP) is 2.51. The molecule has 0 radical (unpaired) electrons. The minimum absolute atomic E-state index is 0.0769. The van der Waals surface area contributed by atoms with Gasteiger partial charge in [0.05, 0.1) is 5.38 Å². The topological polar surface area (TPSA) is 37.3 Å². The van der Waals surface area contributed by atoms with Gasteiger partial charge in [0.2, 0.25) is 0 Å². The summed E-state index contributed by atoms with van der Waals surface area (Å²) < 4.78 is 0. The van der Waals surface area contributed by atoms with Crippen LogP contribution in [0, 0.1) is 5.92 Å². The third-order valence-corrected chi connectivity index (χ3v) is 3.64. The third kappa shape index (κ3) is 2.29. The molecule has 14 heavy (non-hydrogen) atoms. The molecule has 2 nitrogen and oxygen atoms in total. The van der Waals surface area contributed by atoms with Gasteiger partial charge in [-0.25, -0.2) is 0 Å². The Hall–Kier alpha value is -0.0800. The van der Waals surface area contributed by atoms with Crippen LogP contribution in [-0.2, 0) is 4.79 Å². The number of aliphatic hydroxyl groups is 1. The maximum absolute atomic E-state index is 11.7. The van der Waals surface area contributed by atoms with Crippen LogP contribution in [-0.4, -0.2) is 21.9 Å². The van der Waals surface area contributed by atoms with Crippen LogP contribution < -0.4 is 0 Å². The van der Waals surface area contributed by atoms with Crippen molar-refractivity contribution in [2.75, 3.05) is 0 Å². The Balaban J connectivity index is 2.68. The van der Waals surface area contributed by atoms with Crippen molar-refractivity contribution in [1.82, 2.24) is 0 Å². The maximum atomic E-state index is 11.7. The van der Waals surface area contributed by atoms with E-state index in [9.17, 15) is 9.90 Å². The first-order chi connectivity index (χ1) is 6.50. The first-order valence-corrected chi connectivity index (χ1v) is 5.84. The summed E-state index contributed by atoms with van der Waals surface area (Å²) in [5.74, 6) is 0.444. The lowest BCUT2D eigenvalue weighted by Crippen LogP contribution is -2.50. The van der Waals surface area contributed by atoms with Gasteiger partial charge in [-0.05, 0) is 31.6 Å². The molecule has 0 saturated heterocycles. The number of hydrogen-bond donors (Lipinski definition) is 1. The quantitative estimate of drug-likeness (QED) is 0.740. The van der Waals surface area contributed by atoms with Crippen molar-refractivity contribution < 1.29 is 9.90 Å². The minimum Gasteiger partial charge on any atom is -0.381 e. The summed E-state index contributed by atoms with van der Waals surface area (Å²) in [5, 5.41) is 9.78. The molecule has 0 bridgehead atoms. The molecule has 0 spiro atoms. The summed E-state index contributed by atoms with van der Waals surface area (Å²) in [7, 11) is 0. The van der Waals surface area contributed by atoms with Crippen molar-refractivity contribution in [3.63, 3.8) is 0 Å². The van der Waals surface area contributed by atoms with Crippen LogP contribution in [0.4, 0.5) is 0 Å². The number of hydrogen-bond acceptors (Lipinski definition) is 2. The maximum Gasteiger partial charge on any atom is 0.165 e. The SMILES string of the molecule is CCCC(=O)[C@@]1(O)CC[C@@H](C)CC1Cl. The lowest BCUT2D eigenvalue weighted by molar-refractivity contribution is -0.140. The highest BCUT2D eigenvalue weighted by atomic mass is 35.5. The van der Waals surface area contributed by atoms with Crippen LogP contribution in [0.15, 0.2) is 0 Å². The lowest BCUT2D eigenvalue weighted by atomic mass is 9.76. The first-order valence-electron chi connectivity index (χ1n) is 5.40. The molecule has 3 atom stereocenters. The van der Waals surface area contributed by atoms with Crippen LogP contribution in [0.2, 0.25) is 0 Å². The van der Waals surface area contributed by atoms with E-state index in [0.29, 0.717) is 18.8 Å². The molecule has 1 fully saturated rings. The van der Waals surface area contributed by atoms with E-state index in [1.807, 2.05) is 6.92 Å². The van der Waals surface area contributed by atoms with E-state index in [1.54, 1.807) is 0 Å². The summed E-state index contributed by atoms with van der Waals surface area (Å²) in [6.07, 6.45) is 3.39. The van der Waals surface area contributed by atoms with Gasteiger partial charge in [-0.1, -0.05) is 13.8 Å². The number of rotatable bonds is 3. The average Bonchev–Trinajstić information content (AvgIpc) is 2.12. The number of Topliss-reactive ketones (excluding diaryl/α,β-unsaturated/α-hetero) is 1. The smallest absolute Gasteiger partial charge is 0.165 e. The van der Waals surface area contributed by atoms with Crippen molar-refractivity contribution in [3.05, 3.63) is 0 Å². The number of halogens is 1. The van der Waals surface area contributed by atoms with Gasteiger partial charge in [0.25, 0.3) is 0 Å². The second kappa shape index (κ2) is 4.63. The summed E-state index contributed by atoms with van der Waals surface area (Å²) in [4.78, 5) is 11.7. The van der Waals surface area contributed by atoms with Gasteiger partial charge in [-0.15, -0.1) is 11.6 Å². The van der Waals surface area contributed by atoms with Crippen LogP contribution in [0.5, 0.6) is 0 Å². The van der Waals surface area contributed by atoms with Crippen LogP contribution in [0.1, 0.15) is 46.0 Å². The molecule has 1 N–H and O–H groups in total. The fourth-order valence-corrected chi connectivity index (χ4v) is 2.58. The fraction of sp³-hybridized carbons (Fsp3) is 0.909. The summed E-state index contributed by atoms with van der Waals surface area (Å²) >= 11 is 6.08. The highest BCUT2D eigenvalue weighted by Crippen LogP contribution is 2.37. The molecule has 1 aliphatic carbocycles. The highest BCUT2D eigenvalue weighted by Gasteiger charge is 2.45.